The van der Waals surface area contributed by atoms with Crippen LogP contribution in [0.2, 0.25) is 0 Å². The Labute approximate surface area is 125 Å². The van der Waals surface area contributed by atoms with E-state index >= 15 is 0 Å². The number of hydrogen-bond acceptors (Lipinski definition) is 3. The molecule has 0 bridgehead atoms. The van der Waals surface area contributed by atoms with Crippen molar-refractivity contribution in [3.05, 3.63) is 30.3 Å². The first kappa shape index (κ1) is 15.4. The molecule has 20 heavy (non-hydrogen) atoms. The molecule has 0 saturated heterocycles. The predicted molar refractivity (Wildman–Crippen MR) is 87.6 cm³/mol. The van der Waals surface area contributed by atoms with E-state index in [2.05, 4.69) is 40.6 Å². The Morgan fingerprint density at radius 2 is 2.10 bits per heavy atom. The molecular weight excluding hydrogens is 268 g/mol. The zero-order valence-corrected chi connectivity index (χ0v) is 13.0. The molecule has 4 heteroatoms. The van der Waals surface area contributed by atoms with Crippen LogP contribution in [0.25, 0.3) is 10.9 Å². The number of aromatic amines is 1. The van der Waals surface area contributed by atoms with Gasteiger partial charge in [0.2, 0.25) is 0 Å². The summed E-state index contributed by atoms with van der Waals surface area (Å²) in [6.45, 7) is 5.89. The molecule has 1 heterocycles. The van der Waals surface area contributed by atoms with Crippen LogP contribution in [0.4, 0.5) is 0 Å². The first-order valence-corrected chi connectivity index (χ1v) is 8.37. The van der Waals surface area contributed by atoms with Gasteiger partial charge in [0.15, 0.2) is 0 Å². The van der Waals surface area contributed by atoms with Gasteiger partial charge in [-0.2, -0.15) is 0 Å². The topological polar surface area (TPSA) is 37.0 Å². The molecule has 2 aromatic rings. The van der Waals surface area contributed by atoms with Crippen LogP contribution < -0.4 is 5.32 Å². The average molecular weight is 292 g/mol. The molecule has 0 aliphatic carbocycles. The number of ether oxygens (including phenoxy) is 1. The smallest absolute Gasteiger partial charge is 0.0732 e. The van der Waals surface area contributed by atoms with Crippen LogP contribution in [0.1, 0.15) is 19.8 Å². The monoisotopic (exact) mass is 292 g/mol. The second-order valence-corrected chi connectivity index (χ2v) is 5.86. The van der Waals surface area contributed by atoms with Crippen molar-refractivity contribution in [3.63, 3.8) is 0 Å². The van der Waals surface area contributed by atoms with E-state index in [0.29, 0.717) is 0 Å². The Balaban J connectivity index is 1.55. The van der Waals surface area contributed by atoms with Gasteiger partial charge >= 0.3 is 0 Å². The fourth-order valence-corrected chi connectivity index (χ4v) is 2.94. The summed E-state index contributed by atoms with van der Waals surface area (Å²) in [7, 11) is 0. The number of para-hydroxylation sites is 1. The summed E-state index contributed by atoms with van der Waals surface area (Å²) >= 11 is 1.88. The Bertz CT molecular complexity index is 465. The molecule has 3 nitrogen and oxygen atoms in total. The number of rotatable bonds is 10. The molecule has 0 unspecified atom stereocenters. The number of nitrogens with one attached hydrogen (secondary N) is 2. The molecule has 1 aromatic heterocycles. The summed E-state index contributed by atoms with van der Waals surface area (Å²) in [5.41, 5.74) is 1.22. The normalized spacial score (nSPS) is 11.2. The molecule has 110 valence electrons. The van der Waals surface area contributed by atoms with Crippen LogP contribution in [-0.2, 0) is 4.74 Å². The number of benzene rings is 1. The average Bonchev–Trinajstić information content (AvgIpc) is 2.88. The van der Waals surface area contributed by atoms with Crippen molar-refractivity contribution in [3.8, 4) is 0 Å². The van der Waals surface area contributed by atoms with Crippen molar-refractivity contribution in [2.24, 2.45) is 0 Å². The molecule has 0 amide bonds. The van der Waals surface area contributed by atoms with Crippen molar-refractivity contribution in [1.82, 2.24) is 10.3 Å². The van der Waals surface area contributed by atoms with E-state index in [9.17, 15) is 0 Å². The summed E-state index contributed by atoms with van der Waals surface area (Å²) in [5.74, 6) is 1.10. The van der Waals surface area contributed by atoms with Crippen LogP contribution in [0.3, 0.4) is 0 Å². The molecule has 0 aliphatic heterocycles. The molecule has 0 fully saturated rings. The molecule has 1 aromatic carbocycles. The van der Waals surface area contributed by atoms with Crippen molar-refractivity contribution >= 4 is 22.7 Å². The fraction of sp³-hybridized carbons (Fsp3) is 0.500. The minimum atomic E-state index is 0.828. The summed E-state index contributed by atoms with van der Waals surface area (Å²) in [6, 6.07) is 10.6. The molecule has 0 radical (unpaired) electrons. The maximum Gasteiger partial charge on any atom is 0.0732 e. The highest BCUT2D eigenvalue weighted by Gasteiger charge is 1.99. The maximum absolute atomic E-state index is 5.31. The second kappa shape index (κ2) is 9.06. The lowest BCUT2D eigenvalue weighted by atomic mass is 10.3. The largest absolute Gasteiger partial charge is 0.382 e. The van der Waals surface area contributed by atoms with Crippen molar-refractivity contribution in [2.45, 2.75) is 24.8 Å². The minimum absolute atomic E-state index is 0.828. The van der Waals surface area contributed by atoms with Gasteiger partial charge < -0.3 is 15.0 Å². The van der Waals surface area contributed by atoms with Gasteiger partial charge in [-0.05, 0) is 38.4 Å². The van der Waals surface area contributed by atoms with Gasteiger partial charge in [-0.15, -0.1) is 11.8 Å². The summed E-state index contributed by atoms with van der Waals surface area (Å²) in [4.78, 5) is 3.44. The third kappa shape index (κ3) is 5.19. The Kier molecular flexibility index (Phi) is 6.98. The number of aromatic nitrogens is 1. The lowest BCUT2D eigenvalue weighted by Crippen LogP contribution is -2.18. The van der Waals surface area contributed by atoms with E-state index in [-0.39, 0.29) is 0 Å². The molecule has 0 aliphatic rings. The number of hydrogen-bond donors (Lipinski definition) is 2. The van der Waals surface area contributed by atoms with Crippen LogP contribution in [0, 0.1) is 0 Å². The first-order valence-electron chi connectivity index (χ1n) is 7.39. The van der Waals surface area contributed by atoms with Gasteiger partial charge in [0.25, 0.3) is 0 Å². The van der Waals surface area contributed by atoms with Crippen molar-refractivity contribution in [2.75, 3.05) is 32.1 Å². The van der Waals surface area contributed by atoms with Gasteiger partial charge in [0, 0.05) is 36.4 Å². The maximum atomic E-state index is 5.31. The summed E-state index contributed by atoms with van der Waals surface area (Å²) in [6.07, 6.45) is 2.34. The SMILES string of the molecule is CCOCCCCNCCSc1cc2ccccc2[nH]1. The quantitative estimate of drug-likeness (QED) is 0.518. The van der Waals surface area contributed by atoms with Crippen molar-refractivity contribution < 1.29 is 4.74 Å². The van der Waals surface area contributed by atoms with Crippen LogP contribution >= 0.6 is 11.8 Å². The standard InChI is InChI=1S/C16H24N2OS/c1-2-19-11-6-5-9-17-10-12-20-16-13-14-7-3-4-8-15(14)18-16/h3-4,7-8,13,17-18H,2,5-6,9-12H2,1H3. The molecular formula is C16H24N2OS. The molecule has 2 rings (SSSR count). The fourth-order valence-electron chi connectivity index (χ4n) is 2.08. The van der Waals surface area contributed by atoms with E-state index in [1.807, 2.05) is 18.7 Å². The number of fused-ring (bicyclic) bond motifs is 1. The molecule has 0 spiro atoms. The van der Waals surface area contributed by atoms with Crippen molar-refractivity contribution in [1.29, 1.82) is 0 Å². The molecule has 2 N–H and O–H groups in total. The van der Waals surface area contributed by atoms with Gasteiger partial charge in [-0.3, -0.25) is 0 Å². The molecule has 0 atom stereocenters. The predicted octanol–water partition coefficient (Wildman–Crippen LogP) is 3.67. The number of H-pyrrole nitrogens is 1. The van der Waals surface area contributed by atoms with E-state index in [1.165, 1.54) is 22.3 Å². The lowest BCUT2D eigenvalue weighted by Gasteiger charge is -2.04. The highest BCUT2D eigenvalue weighted by Crippen LogP contribution is 2.22. The van der Waals surface area contributed by atoms with E-state index < -0.39 is 0 Å². The van der Waals surface area contributed by atoms with Gasteiger partial charge in [0.05, 0.1) is 5.03 Å². The Morgan fingerprint density at radius 3 is 2.95 bits per heavy atom. The third-order valence-corrected chi connectivity index (χ3v) is 4.08. The van der Waals surface area contributed by atoms with Gasteiger partial charge in [-0.25, -0.2) is 0 Å². The summed E-state index contributed by atoms with van der Waals surface area (Å²) < 4.78 is 5.31. The Morgan fingerprint density at radius 1 is 1.20 bits per heavy atom. The van der Waals surface area contributed by atoms with Crippen LogP contribution in [0.5, 0.6) is 0 Å². The van der Waals surface area contributed by atoms with Gasteiger partial charge in [0.1, 0.15) is 0 Å². The van der Waals surface area contributed by atoms with Crippen LogP contribution in [0.15, 0.2) is 35.4 Å². The zero-order chi connectivity index (χ0) is 14.0. The van der Waals surface area contributed by atoms with Crippen LogP contribution in [-0.4, -0.2) is 37.0 Å². The zero-order valence-electron chi connectivity index (χ0n) is 12.2. The highest BCUT2D eigenvalue weighted by atomic mass is 32.2. The van der Waals surface area contributed by atoms with Gasteiger partial charge in [-0.1, -0.05) is 18.2 Å². The lowest BCUT2D eigenvalue weighted by molar-refractivity contribution is 0.143. The van der Waals surface area contributed by atoms with E-state index in [0.717, 1.165) is 38.5 Å². The number of unbranched alkanes of at least 4 members (excludes halogenated alkanes) is 1. The second-order valence-electron chi connectivity index (χ2n) is 4.72. The van der Waals surface area contributed by atoms with E-state index in [1.54, 1.807) is 0 Å². The highest BCUT2D eigenvalue weighted by molar-refractivity contribution is 7.99. The Hall–Kier alpha value is -0.970. The summed E-state index contributed by atoms with van der Waals surface area (Å²) in [5, 5.41) is 6.02. The number of thioether (sulfide) groups is 1. The third-order valence-electron chi connectivity index (χ3n) is 3.14. The van der Waals surface area contributed by atoms with E-state index in [4.69, 9.17) is 4.74 Å². The first-order chi connectivity index (χ1) is 9.90. The minimum Gasteiger partial charge on any atom is -0.382 e. The molecule has 0 saturated carbocycles.